The van der Waals surface area contributed by atoms with Crippen molar-refractivity contribution in [2.75, 3.05) is 10.6 Å². The van der Waals surface area contributed by atoms with Gasteiger partial charge in [0.2, 0.25) is 0 Å². The van der Waals surface area contributed by atoms with E-state index in [9.17, 15) is 14.0 Å². The molecule has 0 saturated carbocycles. The van der Waals surface area contributed by atoms with Gasteiger partial charge in [-0.15, -0.1) is 0 Å². The van der Waals surface area contributed by atoms with Gasteiger partial charge in [0, 0.05) is 13.6 Å². The molecule has 0 saturated heterocycles. The smallest absolute Gasteiger partial charge is 0.291 e. The molecule has 0 aliphatic rings. The van der Waals surface area contributed by atoms with Crippen LogP contribution < -0.4 is 15.4 Å². The molecule has 182 valence electrons. The lowest BCUT2D eigenvalue weighted by atomic mass is 10.3. The maximum atomic E-state index is 13.2. The molecule has 0 fully saturated rings. The Morgan fingerprint density at radius 3 is 2.54 bits per heavy atom. The molecule has 35 heavy (non-hydrogen) atoms. The molecule has 0 bridgehead atoms. The average molecular weight is 501 g/mol. The van der Waals surface area contributed by atoms with Crippen LogP contribution in [-0.4, -0.2) is 31.4 Å². The predicted molar refractivity (Wildman–Crippen MR) is 126 cm³/mol. The van der Waals surface area contributed by atoms with Crippen LogP contribution in [0.3, 0.4) is 0 Å². The number of carbonyl (C=O) groups is 2. The van der Waals surface area contributed by atoms with Crippen molar-refractivity contribution in [3.8, 4) is 5.75 Å². The average Bonchev–Trinajstić information content (AvgIpc) is 3.54. The topological polar surface area (TPSA) is 116 Å². The first-order valence-electron chi connectivity index (χ1n) is 10.6. The summed E-state index contributed by atoms with van der Waals surface area (Å²) >= 11 is 5.95. The summed E-state index contributed by atoms with van der Waals surface area (Å²) in [4.78, 5) is 25.8. The number of amides is 2. The second-order valence-corrected chi connectivity index (χ2v) is 7.93. The lowest BCUT2D eigenvalue weighted by Crippen LogP contribution is -2.21. The SMILES string of the molecule is CCn1ncc(NC(=O)c2ccc(COc3ccc(F)cc3Cl)o2)c1C(=O)Nc1cnn(C)c1C. The minimum absolute atomic E-state index is 0.00696. The van der Waals surface area contributed by atoms with Crippen molar-refractivity contribution in [3.63, 3.8) is 0 Å². The van der Waals surface area contributed by atoms with Crippen molar-refractivity contribution < 1.29 is 23.1 Å². The minimum Gasteiger partial charge on any atom is -0.484 e. The molecular formula is C23H22ClFN6O4. The van der Waals surface area contributed by atoms with Crippen molar-refractivity contribution in [3.05, 3.63) is 76.5 Å². The fourth-order valence-corrected chi connectivity index (χ4v) is 3.48. The zero-order valence-electron chi connectivity index (χ0n) is 19.1. The first kappa shape index (κ1) is 24.0. The normalized spacial score (nSPS) is 10.9. The number of furan rings is 1. The number of nitrogens with one attached hydrogen (secondary N) is 2. The highest BCUT2D eigenvalue weighted by Gasteiger charge is 2.22. The van der Waals surface area contributed by atoms with Crippen LogP contribution in [0.4, 0.5) is 15.8 Å². The summed E-state index contributed by atoms with van der Waals surface area (Å²) in [5, 5.41) is 13.9. The van der Waals surface area contributed by atoms with Crippen LogP contribution in [-0.2, 0) is 20.2 Å². The van der Waals surface area contributed by atoms with Crippen LogP contribution in [0.25, 0.3) is 0 Å². The van der Waals surface area contributed by atoms with Crippen LogP contribution in [0, 0.1) is 12.7 Å². The fourth-order valence-electron chi connectivity index (χ4n) is 3.26. The number of hydrogen-bond donors (Lipinski definition) is 2. The number of aryl methyl sites for hydroxylation is 2. The largest absolute Gasteiger partial charge is 0.484 e. The lowest BCUT2D eigenvalue weighted by molar-refractivity contribution is 0.0992. The summed E-state index contributed by atoms with van der Waals surface area (Å²) in [6.45, 7) is 4.05. The third-order valence-corrected chi connectivity index (χ3v) is 5.53. The van der Waals surface area contributed by atoms with E-state index < -0.39 is 17.6 Å². The van der Waals surface area contributed by atoms with Gasteiger partial charge in [-0.2, -0.15) is 10.2 Å². The molecule has 2 amide bonds. The Balaban J connectivity index is 1.45. The molecule has 0 aliphatic carbocycles. The number of ether oxygens (including phenoxy) is 1. The van der Waals surface area contributed by atoms with Crippen LogP contribution in [0.2, 0.25) is 5.02 Å². The van der Waals surface area contributed by atoms with E-state index in [1.807, 2.05) is 13.8 Å². The highest BCUT2D eigenvalue weighted by atomic mass is 35.5. The third kappa shape index (κ3) is 5.19. The highest BCUT2D eigenvalue weighted by molar-refractivity contribution is 6.32. The Morgan fingerprint density at radius 2 is 1.86 bits per heavy atom. The second kappa shape index (κ2) is 10.0. The first-order valence-corrected chi connectivity index (χ1v) is 11.0. The molecule has 2 N–H and O–H groups in total. The molecular weight excluding hydrogens is 479 g/mol. The number of carbonyl (C=O) groups excluding carboxylic acids is 2. The van der Waals surface area contributed by atoms with E-state index in [-0.39, 0.29) is 34.5 Å². The van der Waals surface area contributed by atoms with Crippen molar-refractivity contribution in [1.29, 1.82) is 0 Å². The first-order chi connectivity index (χ1) is 16.8. The predicted octanol–water partition coefficient (Wildman–Crippen LogP) is 4.41. The molecule has 3 aromatic heterocycles. The van der Waals surface area contributed by atoms with Crippen LogP contribution in [0.1, 0.15) is 39.4 Å². The number of nitrogens with zero attached hydrogens (tertiary/aromatic N) is 4. The molecule has 1 aromatic carbocycles. The number of hydrogen-bond acceptors (Lipinski definition) is 6. The van der Waals surface area contributed by atoms with Gasteiger partial charge < -0.3 is 19.8 Å². The summed E-state index contributed by atoms with van der Waals surface area (Å²) in [6, 6.07) is 6.81. The van der Waals surface area contributed by atoms with Gasteiger partial charge in [-0.3, -0.25) is 19.0 Å². The van der Waals surface area contributed by atoms with E-state index in [1.54, 1.807) is 24.0 Å². The molecule has 0 aliphatic heterocycles. The van der Waals surface area contributed by atoms with E-state index in [1.165, 1.54) is 29.1 Å². The van der Waals surface area contributed by atoms with E-state index in [4.69, 9.17) is 20.8 Å². The van der Waals surface area contributed by atoms with Gasteiger partial charge in [-0.1, -0.05) is 11.6 Å². The number of benzene rings is 1. The Kier molecular flexibility index (Phi) is 6.87. The van der Waals surface area contributed by atoms with Gasteiger partial charge in [0.25, 0.3) is 11.8 Å². The van der Waals surface area contributed by atoms with Gasteiger partial charge in [-0.05, 0) is 44.2 Å². The molecule has 4 rings (SSSR count). The van der Waals surface area contributed by atoms with Gasteiger partial charge in [-0.25, -0.2) is 4.39 Å². The monoisotopic (exact) mass is 500 g/mol. The fraction of sp³-hybridized carbons (Fsp3) is 0.217. The van der Waals surface area contributed by atoms with E-state index in [0.29, 0.717) is 18.0 Å². The van der Waals surface area contributed by atoms with Crippen molar-refractivity contribution in [2.24, 2.45) is 7.05 Å². The summed E-state index contributed by atoms with van der Waals surface area (Å²) in [6.07, 6.45) is 2.94. The Bertz CT molecular complexity index is 1390. The van der Waals surface area contributed by atoms with E-state index in [2.05, 4.69) is 20.8 Å². The molecule has 3 heterocycles. The van der Waals surface area contributed by atoms with Crippen LogP contribution in [0.5, 0.6) is 5.75 Å². The maximum absolute atomic E-state index is 13.2. The zero-order chi connectivity index (χ0) is 25.1. The molecule has 0 spiro atoms. The maximum Gasteiger partial charge on any atom is 0.291 e. The van der Waals surface area contributed by atoms with E-state index in [0.717, 1.165) is 11.8 Å². The molecule has 10 nitrogen and oxygen atoms in total. The van der Waals surface area contributed by atoms with Crippen LogP contribution >= 0.6 is 11.6 Å². The number of halogens is 2. The zero-order valence-corrected chi connectivity index (χ0v) is 19.9. The van der Waals surface area contributed by atoms with E-state index >= 15 is 0 Å². The van der Waals surface area contributed by atoms with Crippen molar-refractivity contribution in [1.82, 2.24) is 19.6 Å². The standard InChI is InChI=1S/C23H22ClFN6O4/c1-4-31-21(23(33)28-17-10-26-30(3)13(17)2)18(11-27-31)29-22(32)20-8-6-15(35-20)12-34-19-7-5-14(25)9-16(19)24/h5-11H,4,12H2,1-3H3,(H,28,33)(H,29,32). The third-order valence-electron chi connectivity index (χ3n) is 5.24. The molecule has 0 unspecified atom stereocenters. The van der Waals surface area contributed by atoms with Gasteiger partial charge in [0.15, 0.2) is 5.76 Å². The van der Waals surface area contributed by atoms with Crippen molar-refractivity contribution in [2.45, 2.75) is 27.0 Å². The number of aromatic nitrogens is 4. The van der Waals surface area contributed by atoms with Gasteiger partial charge in [0.05, 0.1) is 34.5 Å². The van der Waals surface area contributed by atoms with Gasteiger partial charge in [0.1, 0.15) is 29.6 Å². The highest BCUT2D eigenvalue weighted by Crippen LogP contribution is 2.26. The minimum atomic E-state index is -0.571. The lowest BCUT2D eigenvalue weighted by Gasteiger charge is -2.09. The molecule has 0 atom stereocenters. The number of anilines is 2. The van der Waals surface area contributed by atoms with Crippen molar-refractivity contribution >= 4 is 34.8 Å². The summed E-state index contributed by atoms with van der Waals surface area (Å²) in [5.41, 5.74) is 1.74. The summed E-state index contributed by atoms with van der Waals surface area (Å²) < 4.78 is 27.4. The van der Waals surface area contributed by atoms with Crippen LogP contribution in [0.15, 0.2) is 47.1 Å². The Hall–Kier alpha value is -4.12. The molecule has 0 radical (unpaired) electrons. The Morgan fingerprint density at radius 1 is 1.11 bits per heavy atom. The molecule has 4 aromatic rings. The summed E-state index contributed by atoms with van der Waals surface area (Å²) in [5.74, 6) is -0.854. The molecule has 12 heteroatoms. The summed E-state index contributed by atoms with van der Waals surface area (Å²) in [7, 11) is 1.77. The Labute approximate surface area is 204 Å². The van der Waals surface area contributed by atoms with Gasteiger partial charge >= 0.3 is 0 Å². The quantitative estimate of drug-likeness (QED) is 0.370. The number of rotatable bonds is 8. The second-order valence-electron chi connectivity index (χ2n) is 7.53.